The number of methoxy groups -OCH3 is 1. The predicted molar refractivity (Wildman–Crippen MR) is 193 cm³/mol. The monoisotopic (exact) mass is 736 g/mol. The zero-order valence-electron chi connectivity index (χ0n) is 29.2. The molecule has 0 radical (unpaired) electrons. The topological polar surface area (TPSA) is 169 Å². The molecule has 3 fully saturated rings. The third-order valence-corrected chi connectivity index (χ3v) is 13.5. The molecule has 2 aromatic heterocycles. The van der Waals surface area contributed by atoms with Crippen LogP contribution in [0.3, 0.4) is 0 Å². The van der Waals surface area contributed by atoms with E-state index >= 15 is 0 Å². The van der Waals surface area contributed by atoms with Crippen LogP contribution >= 0.6 is 11.3 Å². The molecule has 272 valence electrons. The first kappa shape index (κ1) is 35.2. The number of allylic oxidation sites excluding steroid dienone is 1. The number of fused-ring (bicyclic) bond motifs is 3. The number of aromatic nitrogens is 2. The molecule has 2 aliphatic heterocycles. The molecule has 1 saturated heterocycles. The van der Waals surface area contributed by atoms with Crippen molar-refractivity contribution < 1.29 is 32.3 Å². The van der Waals surface area contributed by atoms with Gasteiger partial charge in [0.2, 0.25) is 15.9 Å². The third kappa shape index (κ3) is 6.89. The Labute approximate surface area is 301 Å². The van der Waals surface area contributed by atoms with Crippen molar-refractivity contribution in [2.75, 3.05) is 20.2 Å². The molecule has 13 nitrogen and oxygen atoms in total. The number of urea groups is 1. The number of pyridine rings is 1. The summed E-state index contributed by atoms with van der Waals surface area (Å²) in [5.41, 5.74) is 0.803. The highest BCUT2D eigenvalue weighted by molar-refractivity contribution is 7.91. The molecule has 0 bridgehead atoms. The molecule has 3 aromatic rings. The van der Waals surface area contributed by atoms with E-state index in [-0.39, 0.29) is 31.2 Å². The average Bonchev–Trinajstić information content (AvgIpc) is 3.86. The Bertz CT molecular complexity index is 2010. The van der Waals surface area contributed by atoms with Gasteiger partial charge in [0, 0.05) is 41.8 Å². The quantitative estimate of drug-likeness (QED) is 0.279. The number of amides is 4. The maximum Gasteiger partial charge on any atom is 0.318 e. The summed E-state index contributed by atoms with van der Waals surface area (Å²) in [6, 6.07) is 5.99. The number of nitrogens with one attached hydrogen (secondary N) is 3. The minimum Gasteiger partial charge on any atom is -0.497 e. The van der Waals surface area contributed by atoms with E-state index in [4.69, 9.17) is 19.4 Å². The zero-order valence-corrected chi connectivity index (χ0v) is 30.9. The SMILES string of the molecule is COc1ccc2c(OC3CC4C(=O)NC5(C(=O)NS(=O)(=O)C6(C)CC6)CC5/C=C\CCCCNC(=O)N4C3)cc(-c3nc(C(C)C)cs3)nc2c1. The summed E-state index contributed by atoms with van der Waals surface area (Å²) in [5.74, 6) is -0.248. The van der Waals surface area contributed by atoms with E-state index in [9.17, 15) is 22.8 Å². The van der Waals surface area contributed by atoms with Crippen LogP contribution in [0.25, 0.3) is 21.6 Å². The summed E-state index contributed by atoms with van der Waals surface area (Å²) < 4.78 is 39.5. The minimum atomic E-state index is -3.93. The summed E-state index contributed by atoms with van der Waals surface area (Å²) >= 11 is 1.50. The van der Waals surface area contributed by atoms with Crippen LogP contribution < -0.4 is 24.8 Å². The summed E-state index contributed by atoms with van der Waals surface area (Å²) in [4.78, 5) is 52.5. The number of hydrogen-bond donors (Lipinski definition) is 3. The van der Waals surface area contributed by atoms with E-state index in [1.807, 2.05) is 41.8 Å². The first-order chi connectivity index (χ1) is 24.3. The number of ether oxygens (including phenoxy) is 2. The third-order valence-electron chi connectivity index (χ3n) is 10.5. The molecule has 4 amide bonds. The number of nitrogens with zero attached hydrogens (tertiary/aromatic N) is 3. The highest BCUT2D eigenvalue weighted by Crippen LogP contribution is 2.47. The van der Waals surface area contributed by atoms with Gasteiger partial charge in [0.25, 0.3) is 5.91 Å². The van der Waals surface area contributed by atoms with Crippen LogP contribution in [0.4, 0.5) is 4.79 Å². The van der Waals surface area contributed by atoms with Gasteiger partial charge in [0.1, 0.15) is 39.9 Å². The number of sulfonamides is 1. The summed E-state index contributed by atoms with van der Waals surface area (Å²) in [5, 5.41) is 9.34. The second-order valence-electron chi connectivity index (χ2n) is 14.6. The van der Waals surface area contributed by atoms with Crippen molar-refractivity contribution in [2.24, 2.45) is 5.92 Å². The fraction of sp³-hybridized carbons (Fsp3) is 0.528. The highest BCUT2D eigenvalue weighted by atomic mass is 32.2. The van der Waals surface area contributed by atoms with Crippen molar-refractivity contribution in [3.63, 3.8) is 0 Å². The molecule has 4 atom stereocenters. The van der Waals surface area contributed by atoms with E-state index in [0.717, 1.165) is 35.4 Å². The smallest absolute Gasteiger partial charge is 0.318 e. The van der Waals surface area contributed by atoms with Crippen LogP contribution in [0.1, 0.15) is 77.3 Å². The molecule has 51 heavy (non-hydrogen) atoms. The fourth-order valence-corrected chi connectivity index (χ4v) is 8.98. The summed E-state index contributed by atoms with van der Waals surface area (Å²) in [6.45, 7) is 6.33. The van der Waals surface area contributed by atoms with Gasteiger partial charge in [-0.3, -0.25) is 14.3 Å². The van der Waals surface area contributed by atoms with Gasteiger partial charge in [-0.25, -0.2) is 23.2 Å². The van der Waals surface area contributed by atoms with Gasteiger partial charge >= 0.3 is 6.03 Å². The highest BCUT2D eigenvalue weighted by Gasteiger charge is 2.63. The van der Waals surface area contributed by atoms with Gasteiger partial charge < -0.3 is 25.0 Å². The molecule has 4 aliphatic rings. The van der Waals surface area contributed by atoms with Gasteiger partial charge in [0.05, 0.1) is 29.6 Å². The van der Waals surface area contributed by atoms with Crippen molar-refractivity contribution in [3.05, 3.63) is 47.5 Å². The van der Waals surface area contributed by atoms with Gasteiger partial charge in [-0.2, -0.15) is 0 Å². The number of hydrogen-bond acceptors (Lipinski definition) is 10. The zero-order chi connectivity index (χ0) is 36.1. The van der Waals surface area contributed by atoms with Crippen molar-refractivity contribution in [2.45, 2.75) is 94.1 Å². The number of benzene rings is 1. The van der Waals surface area contributed by atoms with E-state index in [1.165, 1.54) is 16.2 Å². The molecule has 4 unspecified atom stereocenters. The van der Waals surface area contributed by atoms with Crippen LogP contribution in [-0.2, 0) is 19.6 Å². The van der Waals surface area contributed by atoms with Crippen LogP contribution in [0.15, 0.2) is 41.8 Å². The van der Waals surface area contributed by atoms with Crippen LogP contribution in [0.2, 0.25) is 0 Å². The molecule has 3 N–H and O–H groups in total. The summed E-state index contributed by atoms with van der Waals surface area (Å²) in [7, 11) is -2.34. The lowest BCUT2D eigenvalue weighted by Gasteiger charge is -2.27. The van der Waals surface area contributed by atoms with Crippen LogP contribution in [0.5, 0.6) is 11.5 Å². The standard InChI is InChI=1S/C36H44N6O7S2/c1-21(2)28-20-50-32(39-28)27-17-30(25-11-10-23(48-4)15-26(25)38-27)49-24-16-29-31(43)40-36(33(44)41-51(46,47)35(3)12-13-35)18-22(36)9-7-5-6-8-14-37-34(45)42(29)19-24/h7,9-11,15,17,20-22,24,29H,5-6,8,12-14,16,18-19H2,1-4H3,(H,37,45)(H,40,43)(H,41,44)/b9-7-. The molecular weight excluding hydrogens is 693 g/mol. The van der Waals surface area contributed by atoms with Gasteiger partial charge in [-0.1, -0.05) is 26.0 Å². The van der Waals surface area contributed by atoms with E-state index < -0.39 is 50.3 Å². The first-order valence-corrected chi connectivity index (χ1v) is 19.9. The maximum absolute atomic E-state index is 14.1. The normalized spacial score (nSPS) is 26.7. The Hall–Kier alpha value is -4.24. The molecule has 7 rings (SSSR count). The minimum absolute atomic E-state index is 0.114. The van der Waals surface area contributed by atoms with Crippen molar-refractivity contribution in [1.29, 1.82) is 0 Å². The molecule has 4 heterocycles. The van der Waals surface area contributed by atoms with E-state index in [1.54, 1.807) is 14.0 Å². The number of carbonyl (C=O) groups is 3. The largest absolute Gasteiger partial charge is 0.497 e. The Morgan fingerprint density at radius 3 is 2.69 bits per heavy atom. The second kappa shape index (κ2) is 13.4. The van der Waals surface area contributed by atoms with Gasteiger partial charge in [-0.15, -0.1) is 11.3 Å². The molecule has 0 spiro atoms. The lowest BCUT2D eigenvalue weighted by atomic mass is 10.1. The molecular formula is C36H44N6O7S2. The molecule has 2 saturated carbocycles. The Morgan fingerprint density at radius 1 is 1.16 bits per heavy atom. The van der Waals surface area contributed by atoms with Crippen molar-refractivity contribution in [1.82, 2.24) is 30.2 Å². The lowest BCUT2D eigenvalue weighted by Crippen LogP contribution is -2.57. The van der Waals surface area contributed by atoms with Crippen LogP contribution in [0, 0.1) is 5.92 Å². The average molecular weight is 737 g/mol. The second-order valence-corrected chi connectivity index (χ2v) is 17.6. The van der Waals surface area contributed by atoms with E-state index in [0.29, 0.717) is 42.1 Å². The Balaban J connectivity index is 1.18. The first-order valence-electron chi connectivity index (χ1n) is 17.5. The van der Waals surface area contributed by atoms with Crippen molar-refractivity contribution >= 4 is 50.1 Å². The van der Waals surface area contributed by atoms with Gasteiger partial charge in [0.15, 0.2) is 0 Å². The molecule has 2 aliphatic carbocycles. The fourth-order valence-electron chi connectivity index (χ4n) is 6.73. The van der Waals surface area contributed by atoms with Crippen molar-refractivity contribution in [3.8, 4) is 22.2 Å². The summed E-state index contributed by atoms with van der Waals surface area (Å²) in [6.07, 6.45) is 6.89. The molecule has 15 heteroatoms. The van der Waals surface area contributed by atoms with Gasteiger partial charge in [-0.05, 0) is 63.5 Å². The Kier molecular flexibility index (Phi) is 9.23. The lowest BCUT2D eigenvalue weighted by molar-refractivity contribution is -0.131. The van der Waals surface area contributed by atoms with Crippen LogP contribution in [-0.4, -0.2) is 83.8 Å². The number of carbonyl (C=O) groups excluding carboxylic acids is 3. The molecule has 1 aromatic carbocycles. The predicted octanol–water partition coefficient (Wildman–Crippen LogP) is 4.64. The maximum atomic E-state index is 14.1. The Morgan fingerprint density at radius 2 is 1.96 bits per heavy atom. The van der Waals surface area contributed by atoms with E-state index in [2.05, 4.69) is 29.2 Å². The number of rotatable bonds is 8. The number of thiazole rings is 1.